The second-order valence-corrected chi connectivity index (χ2v) is 8.27. The van der Waals surface area contributed by atoms with Crippen molar-refractivity contribution in [3.05, 3.63) is 64.5 Å². The topological polar surface area (TPSA) is 80.3 Å². The Morgan fingerprint density at radius 2 is 1.73 bits per heavy atom. The molecule has 1 aromatic heterocycles. The second-order valence-electron chi connectivity index (χ2n) is 7.07. The molecule has 0 saturated carbocycles. The molecule has 0 unspecified atom stereocenters. The minimum atomic E-state index is -0.398. The van der Waals surface area contributed by atoms with Gasteiger partial charge in [-0.2, -0.15) is 0 Å². The first-order valence-electron chi connectivity index (χ1n) is 9.61. The molecule has 0 spiro atoms. The molecule has 7 heteroatoms. The van der Waals surface area contributed by atoms with E-state index in [0.717, 1.165) is 33.0 Å². The molecule has 3 aromatic rings. The van der Waals surface area contributed by atoms with Crippen molar-refractivity contribution < 1.29 is 14.3 Å². The van der Waals surface area contributed by atoms with E-state index in [9.17, 15) is 9.59 Å². The van der Waals surface area contributed by atoms with Crippen LogP contribution in [0.25, 0.3) is 11.3 Å². The summed E-state index contributed by atoms with van der Waals surface area (Å²) in [6.07, 6.45) is 0.124. The van der Waals surface area contributed by atoms with Crippen LogP contribution in [0.5, 0.6) is 5.75 Å². The highest BCUT2D eigenvalue weighted by atomic mass is 32.1. The number of thiazole rings is 1. The lowest BCUT2D eigenvalue weighted by molar-refractivity contribution is -0.120. The first-order chi connectivity index (χ1) is 14.4. The molecule has 156 valence electrons. The largest absolute Gasteiger partial charge is 0.497 e. The number of aryl methyl sites for hydroxylation is 2. The smallest absolute Gasteiger partial charge is 0.228 e. The fraction of sp³-hybridized carbons (Fsp3) is 0.261. The number of hydrogen-bond donors (Lipinski definition) is 2. The molecule has 0 aliphatic heterocycles. The van der Waals surface area contributed by atoms with Crippen LogP contribution in [0.3, 0.4) is 0 Å². The van der Waals surface area contributed by atoms with E-state index in [1.807, 2.05) is 62.4 Å². The minimum absolute atomic E-state index is 0.124. The number of ether oxygens (including phenoxy) is 1. The Hall–Kier alpha value is -3.19. The summed E-state index contributed by atoms with van der Waals surface area (Å²) >= 11 is 1.42. The maximum atomic E-state index is 12.7. The van der Waals surface area contributed by atoms with Gasteiger partial charge in [-0.25, -0.2) is 4.98 Å². The molecule has 0 radical (unpaired) electrons. The average Bonchev–Trinajstić information content (AvgIpc) is 3.07. The molecule has 1 heterocycles. The summed E-state index contributed by atoms with van der Waals surface area (Å²) in [4.78, 5) is 29.9. The van der Waals surface area contributed by atoms with Crippen LogP contribution in [0.2, 0.25) is 0 Å². The lowest BCUT2D eigenvalue weighted by atomic mass is 10.0. The van der Waals surface area contributed by atoms with E-state index in [2.05, 4.69) is 15.6 Å². The predicted molar refractivity (Wildman–Crippen MR) is 120 cm³/mol. The molecule has 0 bridgehead atoms. The van der Waals surface area contributed by atoms with Crippen LogP contribution in [0.15, 0.2) is 48.5 Å². The van der Waals surface area contributed by atoms with Crippen LogP contribution < -0.4 is 15.4 Å². The average molecular weight is 424 g/mol. The van der Waals surface area contributed by atoms with Gasteiger partial charge in [-0.1, -0.05) is 29.8 Å². The van der Waals surface area contributed by atoms with Crippen LogP contribution in [0.1, 0.15) is 35.4 Å². The van der Waals surface area contributed by atoms with Gasteiger partial charge in [0.05, 0.1) is 25.3 Å². The zero-order chi connectivity index (χ0) is 21.7. The number of aromatic nitrogens is 1. The maximum absolute atomic E-state index is 12.7. The van der Waals surface area contributed by atoms with Crippen molar-refractivity contribution in [1.29, 1.82) is 0 Å². The molecule has 3 rings (SSSR count). The van der Waals surface area contributed by atoms with Gasteiger partial charge in [-0.3, -0.25) is 9.59 Å². The van der Waals surface area contributed by atoms with Crippen molar-refractivity contribution in [2.45, 2.75) is 33.2 Å². The predicted octanol–water partition coefficient (Wildman–Crippen LogP) is 4.64. The number of anilines is 1. The van der Waals surface area contributed by atoms with Gasteiger partial charge in [0.2, 0.25) is 11.8 Å². The number of hydrogen-bond acceptors (Lipinski definition) is 5. The number of nitrogens with zero attached hydrogens (tertiary/aromatic N) is 1. The molecule has 0 aliphatic rings. The summed E-state index contributed by atoms with van der Waals surface area (Å²) in [6, 6.07) is 15.0. The summed E-state index contributed by atoms with van der Waals surface area (Å²) < 4.78 is 5.20. The van der Waals surface area contributed by atoms with Crippen molar-refractivity contribution >= 4 is 28.3 Å². The lowest BCUT2D eigenvalue weighted by Crippen LogP contribution is -2.29. The number of amides is 2. The van der Waals surface area contributed by atoms with E-state index in [1.165, 1.54) is 18.3 Å². The Bertz CT molecular complexity index is 1030. The number of methoxy groups -OCH3 is 1. The molecular formula is C23H25N3O3S. The number of carbonyl (C=O) groups excluding carboxylic acids is 2. The summed E-state index contributed by atoms with van der Waals surface area (Å²) in [5.41, 5.74) is 3.80. The van der Waals surface area contributed by atoms with Gasteiger partial charge in [0.1, 0.15) is 5.75 Å². The van der Waals surface area contributed by atoms with Crippen LogP contribution in [-0.2, 0) is 9.59 Å². The van der Waals surface area contributed by atoms with Crippen molar-refractivity contribution in [3.63, 3.8) is 0 Å². The van der Waals surface area contributed by atoms with Crippen LogP contribution >= 0.6 is 11.3 Å². The summed E-state index contributed by atoms with van der Waals surface area (Å²) in [7, 11) is 1.63. The monoisotopic (exact) mass is 423 g/mol. The molecule has 0 aliphatic carbocycles. The summed E-state index contributed by atoms with van der Waals surface area (Å²) in [5, 5.41) is 6.27. The van der Waals surface area contributed by atoms with Crippen molar-refractivity contribution in [3.8, 4) is 17.0 Å². The standard InChI is InChI=1S/C23H25N3O3S/c1-14-5-7-17(8-6-14)20(24-16(3)27)13-21(28)25-23-26-22(15(2)30-23)18-9-11-19(29-4)12-10-18/h5-12,20H,13H2,1-4H3,(H,24,27)(H,25,26,28)/t20-/m0/s1. The number of benzene rings is 2. The van der Waals surface area contributed by atoms with Gasteiger partial charge in [-0.05, 0) is 43.7 Å². The van der Waals surface area contributed by atoms with Crippen molar-refractivity contribution in [1.82, 2.24) is 10.3 Å². The maximum Gasteiger partial charge on any atom is 0.228 e. The zero-order valence-electron chi connectivity index (χ0n) is 17.5. The van der Waals surface area contributed by atoms with E-state index in [-0.39, 0.29) is 18.2 Å². The first kappa shape index (κ1) is 21.5. The third kappa shape index (κ3) is 5.45. The Kier molecular flexibility index (Phi) is 6.84. The molecule has 2 aromatic carbocycles. The highest BCUT2D eigenvalue weighted by Crippen LogP contribution is 2.31. The van der Waals surface area contributed by atoms with Crippen molar-refractivity contribution in [2.75, 3.05) is 12.4 Å². The Balaban J connectivity index is 1.72. The van der Waals surface area contributed by atoms with Gasteiger partial charge >= 0.3 is 0 Å². The minimum Gasteiger partial charge on any atom is -0.497 e. The van der Waals surface area contributed by atoms with Gasteiger partial charge in [0.25, 0.3) is 0 Å². The second kappa shape index (κ2) is 9.54. The number of carbonyl (C=O) groups is 2. The van der Waals surface area contributed by atoms with Crippen LogP contribution in [0.4, 0.5) is 5.13 Å². The van der Waals surface area contributed by atoms with Gasteiger partial charge in [0, 0.05) is 17.4 Å². The normalized spacial score (nSPS) is 11.6. The van der Waals surface area contributed by atoms with Crippen molar-refractivity contribution in [2.24, 2.45) is 0 Å². The van der Waals surface area contributed by atoms with E-state index in [0.29, 0.717) is 5.13 Å². The molecular weight excluding hydrogens is 398 g/mol. The highest BCUT2D eigenvalue weighted by Gasteiger charge is 2.19. The zero-order valence-corrected chi connectivity index (χ0v) is 18.3. The summed E-state index contributed by atoms with van der Waals surface area (Å²) in [5.74, 6) is 0.393. The van der Waals surface area contributed by atoms with E-state index < -0.39 is 6.04 Å². The Labute approximate surface area is 180 Å². The quantitative estimate of drug-likeness (QED) is 0.580. The molecule has 1 atom stereocenters. The van der Waals surface area contributed by atoms with Gasteiger partial charge < -0.3 is 15.4 Å². The van der Waals surface area contributed by atoms with Gasteiger partial charge in [-0.15, -0.1) is 11.3 Å². The molecule has 2 N–H and O–H groups in total. The Morgan fingerprint density at radius 3 is 2.33 bits per heavy atom. The third-order valence-electron chi connectivity index (χ3n) is 4.65. The lowest BCUT2D eigenvalue weighted by Gasteiger charge is -2.18. The first-order valence-corrected chi connectivity index (χ1v) is 10.4. The van der Waals surface area contributed by atoms with Crippen LogP contribution in [-0.4, -0.2) is 23.9 Å². The Morgan fingerprint density at radius 1 is 1.07 bits per heavy atom. The van der Waals surface area contributed by atoms with E-state index >= 15 is 0 Å². The van der Waals surface area contributed by atoms with E-state index in [1.54, 1.807) is 7.11 Å². The third-order valence-corrected chi connectivity index (χ3v) is 5.54. The molecule has 30 heavy (non-hydrogen) atoms. The molecule has 0 saturated heterocycles. The number of rotatable bonds is 7. The molecule has 2 amide bonds. The number of nitrogens with one attached hydrogen (secondary N) is 2. The fourth-order valence-corrected chi connectivity index (χ4v) is 3.97. The summed E-state index contributed by atoms with van der Waals surface area (Å²) in [6.45, 7) is 5.42. The fourth-order valence-electron chi connectivity index (χ4n) is 3.12. The van der Waals surface area contributed by atoms with Crippen LogP contribution in [0, 0.1) is 13.8 Å². The highest BCUT2D eigenvalue weighted by molar-refractivity contribution is 7.16. The van der Waals surface area contributed by atoms with Gasteiger partial charge in [0.15, 0.2) is 5.13 Å². The molecule has 6 nitrogen and oxygen atoms in total. The molecule has 0 fully saturated rings. The SMILES string of the molecule is COc1ccc(-c2nc(NC(=O)C[C@H](NC(C)=O)c3ccc(C)cc3)sc2C)cc1. The van der Waals surface area contributed by atoms with E-state index in [4.69, 9.17) is 4.74 Å².